The molecule has 0 aliphatic carbocycles. The number of amides is 1. The van der Waals surface area contributed by atoms with E-state index in [0.717, 1.165) is 4.47 Å². The van der Waals surface area contributed by atoms with Crippen molar-refractivity contribution < 1.29 is 4.79 Å². The van der Waals surface area contributed by atoms with Crippen LogP contribution in [0.25, 0.3) is 0 Å². The van der Waals surface area contributed by atoms with Gasteiger partial charge in [-0.15, -0.1) is 11.3 Å². The Kier molecular flexibility index (Phi) is 5.28. The fourth-order valence-electron chi connectivity index (χ4n) is 1.18. The Balaban J connectivity index is 2.30. The molecule has 0 fully saturated rings. The van der Waals surface area contributed by atoms with Gasteiger partial charge in [0.15, 0.2) is 0 Å². The van der Waals surface area contributed by atoms with Crippen molar-refractivity contribution in [3.8, 4) is 0 Å². The summed E-state index contributed by atoms with van der Waals surface area (Å²) in [6.45, 7) is 2.80. The van der Waals surface area contributed by atoms with E-state index in [4.69, 9.17) is 0 Å². The van der Waals surface area contributed by atoms with E-state index in [0.29, 0.717) is 19.0 Å². The minimum atomic E-state index is 0.0714. The molecule has 1 amide bonds. The van der Waals surface area contributed by atoms with Crippen LogP contribution in [0.2, 0.25) is 0 Å². The standard InChI is InChI=1S/C10H15BrN2OS/c1-7(9-5-8(11)6-15-9)13-4-3-10(14)12-2/h5-7,13H,3-4H2,1-2H3,(H,12,14). The predicted octanol–water partition coefficient (Wildman–Crippen LogP) is 2.30. The van der Waals surface area contributed by atoms with E-state index in [2.05, 4.69) is 44.9 Å². The van der Waals surface area contributed by atoms with Crippen LogP contribution in [-0.2, 0) is 4.79 Å². The van der Waals surface area contributed by atoms with Crippen LogP contribution >= 0.6 is 27.3 Å². The number of carbonyl (C=O) groups is 1. The van der Waals surface area contributed by atoms with Crippen LogP contribution in [0.5, 0.6) is 0 Å². The molecule has 0 aliphatic rings. The molecule has 1 rings (SSSR count). The molecule has 1 aromatic rings. The third kappa shape index (κ3) is 4.32. The minimum absolute atomic E-state index is 0.0714. The van der Waals surface area contributed by atoms with Gasteiger partial charge in [-0.05, 0) is 28.9 Å². The lowest BCUT2D eigenvalue weighted by Gasteiger charge is -2.11. The zero-order valence-electron chi connectivity index (χ0n) is 8.84. The Hall–Kier alpha value is -0.390. The summed E-state index contributed by atoms with van der Waals surface area (Å²) in [4.78, 5) is 12.3. The fraction of sp³-hybridized carbons (Fsp3) is 0.500. The molecule has 5 heteroatoms. The zero-order valence-corrected chi connectivity index (χ0v) is 11.2. The number of hydrogen-bond acceptors (Lipinski definition) is 3. The molecule has 0 saturated heterocycles. The average molecular weight is 291 g/mol. The van der Waals surface area contributed by atoms with Gasteiger partial charge in [0.2, 0.25) is 5.91 Å². The van der Waals surface area contributed by atoms with Crippen LogP contribution < -0.4 is 10.6 Å². The molecule has 0 spiro atoms. The van der Waals surface area contributed by atoms with E-state index < -0.39 is 0 Å². The molecule has 84 valence electrons. The molecule has 0 saturated carbocycles. The lowest BCUT2D eigenvalue weighted by molar-refractivity contribution is -0.120. The first kappa shape index (κ1) is 12.7. The average Bonchev–Trinajstić information content (AvgIpc) is 2.64. The second-order valence-electron chi connectivity index (χ2n) is 3.27. The molecular weight excluding hydrogens is 276 g/mol. The van der Waals surface area contributed by atoms with Gasteiger partial charge in [-0.1, -0.05) is 0 Å². The molecule has 0 bridgehead atoms. The summed E-state index contributed by atoms with van der Waals surface area (Å²) in [6.07, 6.45) is 0.521. The highest BCUT2D eigenvalue weighted by atomic mass is 79.9. The molecular formula is C10H15BrN2OS. The smallest absolute Gasteiger partial charge is 0.221 e. The highest BCUT2D eigenvalue weighted by molar-refractivity contribution is 9.10. The van der Waals surface area contributed by atoms with E-state index >= 15 is 0 Å². The Morgan fingerprint density at radius 2 is 2.40 bits per heavy atom. The minimum Gasteiger partial charge on any atom is -0.359 e. The van der Waals surface area contributed by atoms with Crippen molar-refractivity contribution >= 4 is 33.2 Å². The van der Waals surface area contributed by atoms with Gasteiger partial charge < -0.3 is 10.6 Å². The lowest BCUT2D eigenvalue weighted by atomic mass is 10.2. The van der Waals surface area contributed by atoms with Crippen molar-refractivity contribution in [2.24, 2.45) is 0 Å². The van der Waals surface area contributed by atoms with Crippen molar-refractivity contribution in [3.63, 3.8) is 0 Å². The maximum absolute atomic E-state index is 11.0. The summed E-state index contributed by atoms with van der Waals surface area (Å²) in [7, 11) is 1.65. The first-order chi connectivity index (χ1) is 7.13. The second-order valence-corrected chi connectivity index (χ2v) is 5.12. The van der Waals surface area contributed by atoms with Gasteiger partial charge in [0.05, 0.1) is 0 Å². The third-order valence-electron chi connectivity index (χ3n) is 2.10. The highest BCUT2D eigenvalue weighted by Crippen LogP contribution is 2.25. The molecule has 1 aromatic heterocycles. The van der Waals surface area contributed by atoms with E-state index in [-0.39, 0.29) is 5.91 Å². The number of halogens is 1. The molecule has 0 aliphatic heterocycles. The third-order valence-corrected chi connectivity index (χ3v) is 3.97. The summed E-state index contributed by atoms with van der Waals surface area (Å²) < 4.78 is 1.11. The maximum atomic E-state index is 11.0. The van der Waals surface area contributed by atoms with Crippen molar-refractivity contribution in [2.45, 2.75) is 19.4 Å². The topological polar surface area (TPSA) is 41.1 Å². The van der Waals surface area contributed by atoms with Gasteiger partial charge in [0, 0.05) is 40.8 Å². The van der Waals surface area contributed by atoms with Crippen molar-refractivity contribution in [1.29, 1.82) is 0 Å². The molecule has 15 heavy (non-hydrogen) atoms. The monoisotopic (exact) mass is 290 g/mol. The summed E-state index contributed by atoms with van der Waals surface area (Å²) >= 11 is 5.13. The van der Waals surface area contributed by atoms with Gasteiger partial charge in [-0.3, -0.25) is 4.79 Å². The summed E-state index contributed by atoms with van der Waals surface area (Å²) in [5.41, 5.74) is 0. The first-order valence-electron chi connectivity index (χ1n) is 4.81. The molecule has 1 unspecified atom stereocenters. The normalized spacial score (nSPS) is 12.5. The molecule has 1 heterocycles. The Labute approximate surface area is 102 Å². The predicted molar refractivity (Wildman–Crippen MR) is 67.1 cm³/mol. The number of rotatable bonds is 5. The number of thiophene rings is 1. The van der Waals surface area contributed by atoms with Crippen LogP contribution in [0.4, 0.5) is 0 Å². The fourth-order valence-corrected chi connectivity index (χ4v) is 2.66. The van der Waals surface area contributed by atoms with Gasteiger partial charge >= 0.3 is 0 Å². The largest absolute Gasteiger partial charge is 0.359 e. The Morgan fingerprint density at radius 3 is 2.93 bits per heavy atom. The second kappa shape index (κ2) is 6.25. The van der Waals surface area contributed by atoms with E-state index in [1.165, 1.54) is 4.88 Å². The maximum Gasteiger partial charge on any atom is 0.221 e. The Morgan fingerprint density at radius 1 is 1.67 bits per heavy atom. The van der Waals surface area contributed by atoms with Gasteiger partial charge in [-0.25, -0.2) is 0 Å². The molecule has 1 atom stereocenters. The number of hydrogen-bond donors (Lipinski definition) is 2. The van der Waals surface area contributed by atoms with Crippen molar-refractivity contribution in [3.05, 3.63) is 20.8 Å². The molecule has 0 aromatic carbocycles. The van der Waals surface area contributed by atoms with Crippen molar-refractivity contribution in [1.82, 2.24) is 10.6 Å². The summed E-state index contributed by atoms with van der Waals surface area (Å²) in [5.74, 6) is 0.0714. The van der Waals surface area contributed by atoms with E-state index in [1.807, 2.05) is 0 Å². The molecule has 3 nitrogen and oxygen atoms in total. The van der Waals surface area contributed by atoms with E-state index in [1.54, 1.807) is 18.4 Å². The van der Waals surface area contributed by atoms with Crippen LogP contribution in [0.1, 0.15) is 24.3 Å². The SMILES string of the molecule is CNC(=O)CCNC(C)c1cc(Br)cs1. The summed E-state index contributed by atoms with van der Waals surface area (Å²) in [5, 5.41) is 7.97. The molecule has 0 radical (unpaired) electrons. The van der Waals surface area contributed by atoms with Crippen LogP contribution in [0, 0.1) is 0 Å². The quantitative estimate of drug-likeness (QED) is 0.874. The first-order valence-corrected chi connectivity index (χ1v) is 6.48. The number of carbonyl (C=O) groups excluding carboxylic acids is 1. The Bertz CT molecular complexity index is 327. The van der Waals surface area contributed by atoms with Gasteiger partial charge in [0.25, 0.3) is 0 Å². The van der Waals surface area contributed by atoms with Gasteiger partial charge in [0.1, 0.15) is 0 Å². The lowest BCUT2D eigenvalue weighted by Crippen LogP contribution is -2.26. The zero-order chi connectivity index (χ0) is 11.3. The van der Waals surface area contributed by atoms with Crippen LogP contribution in [0.3, 0.4) is 0 Å². The summed E-state index contributed by atoms with van der Waals surface area (Å²) in [6, 6.07) is 2.40. The van der Waals surface area contributed by atoms with Gasteiger partial charge in [-0.2, -0.15) is 0 Å². The molecule has 2 N–H and O–H groups in total. The van der Waals surface area contributed by atoms with E-state index in [9.17, 15) is 4.79 Å². The number of nitrogens with one attached hydrogen (secondary N) is 2. The highest BCUT2D eigenvalue weighted by Gasteiger charge is 2.07. The van der Waals surface area contributed by atoms with Crippen LogP contribution in [-0.4, -0.2) is 19.5 Å². The van der Waals surface area contributed by atoms with Crippen molar-refractivity contribution in [2.75, 3.05) is 13.6 Å². The van der Waals surface area contributed by atoms with Crippen LogP contribution in [0.15, 0.2) is 15.9 Å².